The number of rotatable bonds is 5. The van der Waals surface area contributed by atoms with Gasteiger partial charge >= 0.3 is 5.97 Å². The summed E-state index contributed by atoms with van der Waals surface area (Å²) in [5.74, 6) is -0.516. The predicted octanol–water partition coefficient (Wildman–Crippen LogP) is 2.14. The SMILES string of the molecule is COc1ccc(NC(=O)Cn2ccc(C(=O)O)c2C)cc1. The molecule has 0 aliphatic carbocycles. The molecule has 110 valence electrons. The third-order valence-corrected chi connectivity index (χ3v) is 3.16. The number of hydrogen-bond donors (Lipinski definition) is 2. The van der Waals surface area contributed by atoms with Crippen molar-refractivity contribution < 1.29 is 19.4 Å². The maximum atomic E-state index is 12.0. The van der Waals surface area contributed by atoms with E-state index in [1.165, 1.54) is 6.07 Å². The molecule has 1 amide bonds. The molecule has 0 unspecified atom stereocenters. The number of hydrogen-bond acceptors (Lipinski definition) is 3. The predicted molar refractivity (Wildman–Crippen MR) is 77.8 cm³/mol. The van der Waals surface area contributed by atoms with Gasteiger partial charge in [-0.05, 0) is 37.3 Å². The zero-order chi connectivity index (χ0) is 15.4. The Morgan fingerprint density at radius 3 is 2.43 bits per heavy atom. The Hall–Kier alpha value is -2.76. The van der Waals surface area contributed by atoms with Crippen LogP contribution in [0.2, 0.25) is 0 Å². The molecule has 0 atom stereocenters. The van der Waals surface area contributed by atoms with Gasteiger partial charge in [-0.25, -0.2) is 4.79 Å². The topological polar surface area (TPSA) is 80.6 Å². The van der Waals surface area contributed by atoms with E-state index in [1.807, 2.05) is 0 Å². The zero-order valence-electron chi connectivity index (χ0n) is 11.8. The molecular formula is C15H16N2O4. The number of ether oxygens (including phenoxy) is 1. The Bertz CT molecular complexity index is 659. The van der Waals surface area contributed by atoms with Gasteiger partial charge in [0.2, 0.25) is 5.91 Å². The number of nitrogens with one attached hydrogen (secondary N) is 1. The second kappa shape index (κ2) is 6.13. The van der Waals surface area contributed by atoms with Crippen LogP contribution in [0.15, 0.2) is 36.5 Å². The molecule has 0 spiro atoms. The van der Waals surface area contributed by atoms with Crippen molar-refractivity contribution in [3.8, 4) is 5.75 Å². The summed E-state index contributed by atoms with van der Waals surface area (Å²) in [5, 5.41) is 11.7. The maximum Gasteiger partial charge on any atom is 0.337 e. The molecule has 0 radical (unpaired) electrons. The molecule has 0 aliphatic heterocycles. The lowest BCUT2D eigenvalue weighted by Gasteiger charge is -2.09. The minimum atomic E-state index is -0.998. The number of amides is 1. The second-order valence-electron chi connectivity index (χ2n) is 4.52. The van der Waals surface area contributed by atoms with Crippen LogP contribution in [0.4, 0.5) is 5.69 Å². The standard InChI is InChI=1S/C15H16N2O4/c1-10-13(15(19)20)7-8-17(10)9-14(18)16-11-3-5-12(21-2)6-4-11/h3-8H,9H2,1-2H3,(H,16,18)(H,19,20). The Morgan fingerprint density at radius 1 is 1.24 bits per heavy atom. The number of carbonyl (C=O) groups is 2. The highest BCUT2D eigenvalue weighted by atomic mass is 16.5. The molecule has 1 aromatic carbocycles. The molecule has 21 heavy (non-hydrogen) atoms. The van der Waals surface area contributed by atoms with E-state index in [0.29, 0.717) is 17.1 Å². The van der Waals surface area contributed by atoms with Gasteiger partial charge in [0.15, 0.2) is 0 Å². The molecule has 0 fully saturated rings. The largest absolute Gasteiger partial charge is 0.497 e. The first-order valence-electron chi connectivity index (χ1n) is 6.34. The van der Waals surface area contributed by atoms with Crippen LogP contribution in [0, 0.1) is 6.92 Å². The fourth-order valence-electron chi connectivity index (χ4n) is 1.98. The summed E-state index contributed by atoms with van der Waals surface area (Å²) in [6, 6.07) is 8.46. The Kier molecular flexibility index (Phi) is 4.27. The fraction of sp³-hybridized carbons (Fsp3) is 0.200. The third-order valence-electron chi connectivity index (χ3n) is 3.16. The number of benzene rings is 1. The van der Waals surface area contributed by atoms with Crippen molar-refractivity contribution in [1.82, 2.24) is 4.57 Å². The van der Waals surface area contributed by atoms with Gasteiger partial charge in [-0.15, -0.1) is 0 Å². The molecule has 2 aromatic rings. The monoisotopic (exact) mass is 288 g/mol. The number of aromatic carboxylic acids is 1. The van der Waals surface area contributed by atoms with E-state index in [2.05, 4.69) is 5.32 Å². The van der Waals surface area contributed by atoms with Gasteiger partial charge in [0.1, 0.15) is 12.3 Å². The van der Waals surface area contributed by atoms with E-state index >= 15 is 0 Å². The number of carboxylic acids is 1. The lowest BCUT2D eigenvalue weighted by molar-refractivity contribution is -0.116. The van der Waals surface area contributed by atoms with E-state index in [1.54, 1.807) is 49.1 Å². The first-order chi connectivity index (χ1) is 10.0. The lowest BCUT2D eigenvalue weighted by Crippen LogP contribution is -2.19. The van der Waals surface area contributed by atoms with E-state index in [4.69, 9.17) is 9.84 Å². The van der Waals surface area contributed by atoms with Crippen molar-refractivity contribution in [2.24, 2.45) is 0 Å². The van der Waals surface area contributed by atoms with Gasteiger partial charge in [0, 0.05) is 17.6 Å². The molecule has 1 heterocycles. The Morgan fingerprint density at radius 2 is 1.90 bits per heavy atom. The third kappa shape index (κ3) is 3.42. The molecule has 0 saturated heterocycles. The number of anilines is 1. The van der Waals surface area contributed by atoms with Crippen molar-refractivity contribution in [2.45, 2.75) is 13.5 Å². The molecule has 0 aliphatic rings. The van der Waals surface area contributed by atoms with Crippen LogP contribution in [0.5, 0.6) is 5.75 Å². The molecular weight excluding hydrogens is 272 g/mol. The quantitative estimate of drug-likeness (QED) is 0.883. The van der Waals surface area contributed by atoms with Gasteiger partial charge in [0.25, 0.3) is 0 Å². The molecule has 0 bridgehead atoms. The summed E-state index contributed by atoms with van der Waals surface area (Å²) in [7, 11) is 1.57. The molecule has 6 heteroatoms. The maximum absolute atomic E-state index is 12.0. The summed E-state index contributed by atoms with van der Waals surface area (Å²) in [6.45, 7) is 1.73. The summed E-state index contributed by atoms with van der Waals surface area (Å²) in [4.78, 5) is 22.9. The van der Waals surface area contributed by atoms with Crippen LogP contribution in [0.25, 0.3) is 0 Å². The summed E-state index contributed by atoms with van der Waals surface area (Å²) in [5.41, 5.74) is 1.41. The molecule has 6 nitrogen and oxygen atoms in total. The van der Waals surface area contributed by atoms with E-state index < -0.39 is 5.97 Å². The second-order valence-corrected chi connectivity index (χ2v) is 4.52. The van der Waals surface area contributed by atoms with E-state index in [0.717, 1.165) is 0 Å². The van der Waals surface area contributed by atoms with Crippen LogP contribution >= 0.6 is 0 Å². The lowest BCUT2D eigenvalue weighted by atomic mass is 10.2. The Labute approximate surface area is 122 Å². The van der Waals surface area contributed by atoms with E-state index in [9.17, 15) is 9.59 Å². The molecule has 0 saturated carbocycles. The highest BCUT2D eigenvalue weighted by Crippen LogP contribution is 2.15. The fourth-order valence-corrected chi connectivity index (χ4v) is 1.98. The van der Waals surface area contributed by atoms with Gasteiger partial charge < -0.3 is 19.7 Å². The average Bonchev–Trinajstić information content (AvgIpc) is 2.81. The number of nitrogens with zero attached hydrogens (tertiary/aromatic N) is 1. The van der Waals surface area contributed by atoms with Gasteiger partial charge in [0.05, 0.1) is 12.7 Å². The van der Waals surface area contributed by atoms with Crippen LogP contribution < -0.4 is 10.1 Å². The summed E-state index contributed by atoms with van der Waals surface area (Å²) < 4.78 is 6.64. The zero-order valence-corrected chi connectivity index (χ0v) is 11.8. The van der Waals surface area contributed by atoms with Crippen molar-refractivity contribution in [3.05, 3.63) is 47.8 Å². The Balaban J connectivity index is 2.02. The van der Waals surface area contributed by atoms with E-state index in [-0.39, 0.29) is 18.0 Å². The van der Waals surface area contributed by atoms with Crippen LogP contribution in [0.1, 0.15) is 16.1 Å². The average molecular weight is 288 g/mol. The summed E-state index contributed by atoms with van der Waals surface area (Å²) in [6.07, 6.45) is 1.59. The number of carbonyl (C=O) groups excluding carboxylic acids is 1. The highest BCUT2D eigenvalue weighted by Gasteiger charge is 2.13. The number of methoxy groups -OCH3 is 1. The first kappa shape index (κ1) is 14.6. The smallest absolute Gasteiger partial charge is 0.337 e. The highest BCUT2D eigenvalue weighted by molar-refractivity contribution is 5.92. The minimum absolute atomic E-state index is 0.0607. The molecule has 2 rings (SSSR count). The van der Waals surface area contributed by atoms with Crippen LogP contribution in [0.3, 0.4) is 0 Å². The first-order valence-corrected chi connectivity index (χ1v) is 6.34. The molecule has 2 N–H and O–H groups in total. The normalized spacial score (nSPS) is 10.2. The number of aromatic nitrogens is 1. The number of carboxylic acid groups (broad SMARTS) is 1. The van der Waals surface area contributed by atoms with Crippen molar-refractivity contribution >= 4 is 17.6 Å². The van der Waals surface area contributed by atoms with Gasteiger partial charge in [-0.3, -0.25) is 4.79 Å². The van der Waals surface area contributed by atoms with Crippen LogP contribution in [-0.2, 0) is 11.3 Å². The van der Waals surface area contributed by atoms with Crippen molar-refractivity contribution in [1.29, 1.82) is 0 Å². The summed E-state index contributed by atoms with van der Waals surface area (Å²) >= 11 is 0. The van der Waals surface area contributed by atoms with Crippen LogP contribution in [-0.4, -0.2) is 28.7 Å². The van der Waals surface area contributed by atoms with Crippen molar-refractivity contribution in [3.63, 3.8) is 0 Å². The van der Waals surface area contributed by atoms with Crippen molar-refractivity contribution in [2.75, 3.05) is 12.4 Å². The molecule has 1 aromatic heterocycles. The van der Waals surface area contributed by atoms with Gasteiger partial charge in [-0.2, -0.15) is 0 Å². The minimum Gasteiger partial charge on any atom is -0.497 e. The van der Waals surface area contributed by atoms with Gasteiger partial charge in [-0.1, -0.05) is 0 Å².